The summed E-state index contributed by atoms with van der Waals surface area (Å²) in [6.45, 7) is 1.80. The number of aryl methyl sites for hydroxylation is 1. The molecule has 0 atom stereocenters. The van der Waals surface area contributed by atoms with E-state index in [1.54, 1.807) is 18.6 Å². The molecular formula is C9H10N4O. The highest BCUT2D eigenvalue weighted by molar-refractivity contribution is 5.21. The van der Waals surface area contributed by atoms with E-state index in [4.69, 9.17) is 5.11 Å². The summed E-state index contributed by atoms with van der Waals surface area (Å²) in [5, 5.41) is 8.79. The van der Waals surface area contributed by atoms with Gasteiger partial charge in [0.15, 0.2) is 5.82 Å². The molecule has 0 amide bonds. The van der Waals surface area contributed by atoms with Crippen LogP contribution in [-0.4, -0.2) is 24.6 Å². The van der Waals surface area contributed by atoms with Crippen LogP contribution in [0.1, 0.15) is 11.5 Å². The van der Waals surface area contributed by atoms with Crippen LogP contribution in [0, 0.1) is 6.92 Å². The molecule has 0 saturated carbocycles. The van der Waals surface area contributed by atoms with E-state index in [2.05, 4.69) is 15.0 Å². The lowest BCUT2D eigenvalue weighted by atomic mass is 10.5. The Labute approximate surface area is 81.1 Å². The molecule has 2 rings (SSSR count). The summed E-state index contributed by atoms with van der Waals surface area (Å²) in [7, 11) is 0. The fourth-order valence-electron chi connectivity index (χ4n) is 1.17. The van der Waals surface area contributed by atoms with Crippen molar-refractivity contribution < 1.29 is 5.11 Å². The lowest BCUT2D eigenvalue weighted by Gasteiger charge is -2.03. The first-order valence-corrected chi connectivity index (χ1v) is 4.23. The second-order valence-corrected chi connectivity index (χ2v) is 2.87. The fraction of sp³-hybridized carbons (Fsp3) is 0.222. The molecular weight excluding hydrogens is 180 g/mol. The highest BCUT2D eigenvalue weighted by Gasteiger charge is 2.01. The number of aliphatic hydroxyl groups excluding tert-OH is 1. The quantitative estimate of drug-likeness (QED) is 0.747. The predicted molar refractivity (Wildman–Crippen MR) is 49.8 cm³/mol. The third-order valence-corrected chi connectivity index (χ3v) is 1.93. The number of hydrogen-bond acceptors (Lipinski definition) is 4. The van der Waals surface area contributed by atoms with Gasteiger partial charge in [0.2, 0.25) is 0 Å². The molecule has 72 valence electrons. The Morgan fingerprint density at radius 2 is 2.14 bits per heavy atom. The normalized spacial score (nSPS) is 10.4. The van der Waals surface area contributed by atoms with Crippen molar-refractivity contribution in [1.82, 2.24) is 19.5 Å². The zero-order valence-electron chi connectivity index (χ0n) is 7.75. The van der Waals surface area contributed by atoms with E-state index >= 15 is 0 Å². The van der Waals surface area contributed by atoms with Gasteiger partial charge in [0.1, 0.15) is 5.82 Å². The Kier molecular flexibility index (Phi) is 2.24. The monoisotopic (exact) mass is 190 g/mol. The molecule has 0 unspecified atom stereocenters. The first-order valence-electron chi connectivity index (χ1n) is 4.23. The zero-order chi connectivity index (χ0) is 9.97. The smallest absolute Gasteiger partial charge is 0.156 e. The van der Waals surface area contributed by atoms with Crippen LogP contribution in [-0.2, 0) is 6.61 Å². The van der Waals surface area contributed by atoms with Crippen molar-refractivity contribution in [2.75, 3.05) is 0 Å². The lowest BCUT2D eigenvalue weighted by molar-refractivity contribution is 0.276. The van der Waals surface area contributed by atoms with Gasteiger partial charge in [0.05, 0.1) is 24.7 Å². The number of aromatic nitrogens is 4. The first kappa shape index (κ1) is 8.83. The van der Waals surface area contributed by atoms with Gasteiger partial charge in [-0.2, -0.15) is 0 Å². The number of nitrogens with zero attached hydrogens (tertiary/aromatic N) is 4. The van der Waals surface area contributed by atoms with E-state index in [9.17, 15) is 0 Å². The number of aliphatic hydroxyl groups is 1. The van der Waals surface area contributed by atoms with E-state index in [1.807, 2.05) is 17.7 Å². The van der Waals surface area contributed by atoms with Crippen LogP contribution in [0.5, 0.6) is 0 Å². The molecule has 0 aliphatic heterocycles. The second-order valence-electron chi connectivity index (χ2n) is 2.87. The first-order chi connectivity index (χ1) is 6.81. The van der Waals surface area contributed by atoms with E-state index in [-0.39, 0.29) is 6.61 Å². The fourth-order valence-corrected chi connectivity index (χ4v) is 1.17. The summed E-state index contributed by atoms with van der Waals surface area (Å²) in [5.74, 6) is 1.56. The average molecular weight is 190 g/mol. The number of rotatable bonds is 2. The molecule has 0 radical (unpaired) electrons. The minimum absolute atomic E-state index is 0.0871. The largest absolute Gasteiger partial charge is 0.390 e. The summed E-state index contributed by atoms with van der Waals surface area (Å²) in [6.07, 6.45) is 6.68. The summed E-state index contributed by atoms with van der Waals surface area (Å²) in [5.41, 5.74) is 0.562. The average Bonchev–Trinajstić information content (AvgIpc) is 2.65. The Bertz CT molecular complexity index is 421. The lowest BCUT2D eigenvalue weighted by Crippen LogP contribution is -2.01. The van der Waals surface area contributed by atoms with Gasteiger partial charge in [-0.25, -0.2) is 9.97 Å². The molecule has 2 aromatic rings. The van der Waals surface area contributed by atoms with Gasteiger partial charge in [-0.1, -0.05) is 0 Å². The highest BCUT2D eigenvalue weighted by Crippen LogP contribution is 2.05. The SMILES string of the molecule is Cc1nccn1-c1cnc(CO)cn1. The molecule has 0 aromatic carbocycles. The van der Waals surface area contributed by atoms with Crippen LogP contribution in [0.15, 0.2) is 24.8 Å². The van der Waals surface area contributed by atoms with Crippen molar-refractivity contribution >= 4 is 0 Å². The van der Waals surface area contributed by atoms with Crippen molar-refractivity contribution in [2.24, 2.45) is 0 Å². The summed E-state index contributed by atoms with van der Waals surface area (Å²) in [4.78, 5) is 12.3. The number of imidazole rings is 1. The van der Waals surface area contributed by atoms with Gasteiger partial charge in [-0.15, -0.1) is 0 Å². The van der Waals surface area contributed by atoms with Gasteiger partial charge in [-0.3, -0.25) is 9.55 Å². The molecule has 0 aliphatic rings. The molecule has 0 aliphatic carbocycles. The maximum atomic E-state index is 8.79. The van der Waals surface area contributed by atoms with E-state index in [0.29, 0.717) is 11.5 Å². The molecule has 1 N–H and O–H groups in total. The van der Waals surface area contributed by atoms with Crippen molar-refractivity contribution in [3.8, 4) is 5.82 Å². The highest BCUT2D eigenvalue weighted by atomic mass is 16.3. The molecule has 5 heteroatoms. The maximum Gasteiger partial charge on any atom is 0.156 e. The molecule has 0 bridgehead atoms. The molecule has 0 spiro atoms. The van der Waals surface area contributed by atoms with Gasteiger partial charge in [-0.05, 0) is 6.92 Å². The summed E-state index contributed by atoms with van der Waals surface area (Å²) < 4.78 is 1.83. The van der Waals surface area contributed by atoms with E-state index < -0.39 is 0 Å². The molecule has 0 saturated heterocycles. The Balaban J connectivity index is 2.39. The predicted octanol–water partition coefficient (Wildman–Crippen LogP) is 0.463. The van der Waals surface area contributed by atoms with Crippen LogP contribution in [0.25, 0.3) is 5.82 Å². The second kappa shape index (κ2) is 3.55. The Morgan fingerprint density at radius 3 is 2.64 bits per heavy atom. The van der Waals surface area contributed by atoms with E-state index in [1.165, 1.54) is 0 Å². The molecule has 5 nitrogen and oxygen atoms in total. The Hall–Kier alpha value is -1.75. The van der Waals surface area contributed by atoms with Crippen LogP contribution in [0.2, 0.25) is 0 Å². The van der Waals surface area contributed by atoms with Crippen molar-refractivity contribution in [3.63, 3.8) is 0 Å². The van der Waals surface area contributed by atoms with E-state index in [0.717, 1.165) is 5.82 Å². The van der Waals surface area contributed by atoms with Crippen LogP contribution < -0.4 is 0 Å². The van der Waals surface area contributed by atoms with Crippen molar-refractivity contribution in [3.05, 3.63) is 36.3 Å². The van der Waals surface area contributed by atoms with Gasteiger partial charge in [0, 0.05) is 12.4 Å². The van der Waals surface area contributed by atoms with Crippen molar-refractivity contribution in [2.45, 2.75) is 13.5 Å². The minimum Gasteiger partial charge on any atom is -0.390 e. The third kappa shape index (κ3) is 1.49. The third-order valence-electron chi connectivity index (χ3n) is 1.93. The van der Waals surface area contributed by atoms with Crippen molar-refractivity contribution in [1.29, 1.82) is 0 Å². The van der Waals surface area contributed by atoms with Crippen LogP contribution in [0.3, 0.4) is 0 Å². The van der Waals surface area contributed by atoms with Crippen LogP contribution in [0.4, 0.5) is 0 Å². The Morgan fingerprint density at radius 1 is 1.29 bits per heavy atom. The van der Waals surface area contributed by atoms with Gasteiger partial charge >= 0.3 is 0 Å². The molecule has 2 heterocycles. The topological polar surface area (TPSA) is 63.8 Å². The molecule has 2 aromatic heterocycles. The molecule has 0 fully saturated rings. The molecule has 14 heavy (non-hydrogen) atoms. The standard InChI is InChI=1S/C9H10N4O/c1-7-10-2-3-13(7)9-5-11-8(6-14)4-12-9/h2-5,14H,6H2,1H3. The van der Waals surface area contributed by atoms with Gasteiger partial charge in [0.25, 0.3) is 0 Å². The van der Waals surface area contributed by atoms with Gasteiger partial charge < -0.3 is 5.11 Å². The number of hydrogen-bond donors (Lipinski definition) is 1. The zero-order valence-corrected chi connectivity index (χ0v) is 7.75. The summed E-state index contributed by atoms with van der Waals surface area (Å²) in [6, 6.07) is 0. The van der Waals surface area contributed by atoms with Crippen LogP contribution >= 0.6 is 0 Å². The maximum absolute atomic E-state index is 8.79. The minimum atomic E-state index is -0.0871. The summed E-state index contributed by atoms with van der Waals surface area (Å²) >= 11 is 0.